The van der Waals surface area contributed by atoms with Crippen molar-refractivity contribution in [2.75, 3.05) is 6.61 Å². The summed E-state index contributed by atoms with van der Waals surface area (Å²) in [6, 6.07) is 9.46. The molecule has 0 bridgehead atoms. The van der Waals surface area contributed by atoms with E-state index in [1.807, 2.05) is 24.3 Å². The molecule has 2 aromatic heterocycles. The zero-order valence-electron chi connectivity index (χ0n) is 11.3. The van der Waals surface area contributed by atoms with Crippen LogP contribution in [0.5, 0.6) is 0 Å². The first kappa shape index (κ1) is 13.8. The fraction of sp³-hybridized carbons (Fsp3) is 0.133. The quantitative estimate of drug-likeness (QED) is 0.737. The number of aromatic amines is 1. The van der Waals surface area contributed by atoms with E-state index < -0.39 is 0 Å². The number of carbonyl (C=O) groups is 1. The number of hydrogen-bond donors (Lipinski definition) is 1. The number of rotatable bonds is 3. The zero-order chi connectivity index (χ0) is 14.8. The highest BCUT2D eigenvalue weighted by atomic mass is 79.9. The molecule has 2 heterocycles. The van der Waals surface area contributed by atoms with Crippen molar-refractivity contribution in [3.8, 4) is 11.3 Å². The van der Waals surface area contributed by atoms with Crippen molar-refractivity contribution in [1.29, 1.82) is 0 Å². The predicted molar refractivity (Wildman–Crippen MR) is 83.0 cm³/mol. The second-order valence-corrected chi connectivity index (χ2v) is 5.33. The van der Waals surface area contributed by atoms with Gasteiger partial charge in [0.15, 0.2) is 5.65 Å². The summed E-state index contributed by atoms with van der Waals surface area (Å²) in [6.45, 7) is 2.11. The van der Waals surface area contributed by atoms with Gasteiger partial charge in [-0.2, -0.15) is 5.10 Å². The van der Waals surface area contributed by atoms with E-state index in [0.29, 0.717) is 28.9 Å². The van der Waals surface area contributed by atoms with Crippen LogP contribution in [0.1, 0.15) is 17.3 Å². The Morgan fingerprint density at radius 3 is 2.81 bits per heavy atom. The maximum absolute atomic E-state index is 12.1. The van der Waals surface area contributed by atoms with Crippen LogP contribution in [0.15, 0.2) is 41.0 Å². The van der Waals surface area contributed by atoms with E-state index in [1.165, 1.54) is 0 Å². The van der Waals surface area contributed by atoms with E-state index in [4.69, 9.17) is 4.74 Å². The number of H-pyrrole nitrogens is 1. The normalized spacial score (nSPS) is 10.8. The molecule has 0 spiro atoms. The average Bonchev–Trinajstić information content (AvgIpc) is 2.95. The van der Waals surface area contributed by atoms with Crippen LogP contribution < -0.4 is 0 Å². The molecule has 0 unspecified atom stereocenters. The Morgan fingerprint density at radius 2 is 2.10 bits per heavy atom. The molecule has 3 rings (SSSR count). The summed E-state index contributed by atoms with van der Waals surface area (Å²) >= 11 is 3.40. The third-order valence-electron chi connectivity index (χ3n) is 3.06. The van der Waals surface area contributed by atoms with Crippen molar-refractivity contribution in [2.45, 2.75) is 6.92 Å². The average molecular weight is 346 g/mol. The second kappa shape index (κ2) is 5.65. The number of nitrogens with one attached hydrogen (secondary N) is 1. The number of halogens is 1. The SMILES string of the molecule is CCOC(=O)c1cc(-c2ccc(Br)cc2)nc2[nH]ncc12. The molecular weight excluding hydrogens is 334 g/mol. The number of carbonyl (C=O) groups excluding carboxylic acids is 1. The molecule has 21 heavy (non-hydrogen) atoms. The van der Waals surface area contributed by atoms with Crippen LogP contribution in [0.3, 0.4) is 0 Å². The standard InChI is InChI=1S/C15H12BrN3O2/c1-2-21-15(20)11-7-13(9-3-5-10(16)6-4-9)18-14-12(11)8-17-19-14/h3-8H,2H2,1H3,(H,17,18,19). The Kier molecular flexibility index (Phi) is 3.70. The van der Waals surface area contributed by atoms with Crippen LogP contribution in [-0.4, -0.2) is 27.8 Å². The lowest BCUT2D eigenvalue weighted by molar-refractivity contribution is 0.0528. The number of hydrogen-bond acceptors (Lipinski definition) is 4. The molecule has 0 aliphatic heterocycles. The topological polar surface area (TPSA) is 67.9 Å². The summed E-state index contributed by atoms with van der Waals surface area (Å²) in [6.07, 6.45) is 1.58. The van der Waals surface area contributed by atoms with Crippen molar-refractivity contribution in [3.05, 3.63) is 46.6 Å². The fourth-order valence-electron chi connectivity index (χ4n) is 2.08. The molecule has 6 heteroatoms. The predicted octanol–water partition coefficient (Wildman–Crippen LogP) is 3.56. The Morgan fingerprint density at radius 1 is 1.33 bits per heavy atom. The molecule has 3 aromatic rings. The van der Waals surface area contributed by atoms with E-state index in [2.05, 4.69) is 31.1 Å². The highest BCUT2D eigenvalue weighted by Gasteiger charge is 2.16. The van der Waals surface area contributed by atoms with Crippen molar-refractivity contribution >= 4 is 32.9 Å². The van der Waals surface area contributed by atoms with Gasteiger partial charge in [-0.05, 0) is 25.1 Å². The van der Waals surface area contributed by atoms with E-state index in [9.17, 15) is 4.79 Å². The molecule has 0 radical (unpaired) electrons. The number of benzene rings is 1. The van der Waals surface area contributed by atoms with Gasteiger partial charge in [-0.25, -0.2) is 9.78 Å². The molecule has 0 aliphatic carbocycles. The van der Waals surface area contributed by atoms with Crippen LogP contribution in [-0.2, 0) is 4.74 Å². The van der Waals surface area contributed by atoms with Gasteiger partial charge < -0.3 is 4.74 Å². The summed E-state index contributed by atoms with van der Waals surface area (Å²) in [4.78, 5) is 16.6. The number of esters is 1. The van der Waals surface area contributed by atoms with Crippen LogP contribution in [0.4, 0.5) is 0 Å². The third kappa shape index (κ3) is 2.67. The van der Waals surface area contributed by atoms with Gasteiger partial charge in [0.05, 0.1) is 29.4 Å². The van der Waals surface area contributed by atoms with Crippen LogP contribution in [0, 0.1) is 0 Å². The highest BCUT2D eigenvalue weighted by molar-refractivity contribution is 9.10. The van der Waals surface area contributed by atoms with Gasteiger partial charge in [0.1, 0.15) is 0 Å². The van der Waals surface area contributed by atoms with E-state index in [0.717, 1.165) is 10.0 Å². The summed E-state index contributed by atoms with van der Waals surface area (Å²) in [5.41, 5.74) is 2.65. The molecule has 106 valence electrons. The van der Waals surface area contributed by atoms with Gasteiger partial charge in [0.25, 0.3) is 0 Å². The molecule has 0 saturated carbocycles. The van der Waals surface area contributed by atoms with E-state index in [-0.39, 0.29) is 5.97 Å². The molecule has 0 aliphatic rings. The zero-order valence-corrected chi connectivity index (χ0v) is 12.8. The Bertz CT molecular complexity index is 796. The number of fused-ring (bicyclic) bond motifs is 1. The smallest absolute Gasteiger partial charge is 0.339 e. The molecular formula is C15H12BrN3O2. The minimum atomic E-state index is -0.371. The van der Waals surface area contributed by atoms with Crippen molar-refractivity contribution in [3.63, 3.8) is 0 Å². The summed E-state index contributed by atoms with van der Waals surface area (Å²) in [5, 5.41) is 7.41. The minimum absolute atomic E-state index is 0.327. The first-order chi connectivity index (χ1) is 10.2. The lowest BCUT2D eigenvalue weighted by Gasteiger charge is -2.06. The molecule has 5 nitrogen and oxygen atoms in total. The first-order valence-corrected chi connectivity index (χ1v) is 7.25. The Balaban J connectivity index is 2.16. The fourth-order valence-corrected chi connectivity index (χ4v) is 2.34. The number of pyridine rings is 1. The monoisotopic (exact) mass is 345 g/mol. The molecule has 0 saturated heterocycles. The van der Waals surface area contributed by atoms with Gasteiger partial charge in [-0.15, -0.1) is 0 Å². The Hall–Kier alpha value is -2.21. The van der Waals surface area contributed by atoms with Crippen molar-refractivity contribution < 1.29 is 9.53 Å². The van der Waals surface area contributed by atoms with Crippen LogP contribution in [0.2, 0.25) is 0 Å². The number of nitrogens with zero attached hydrogens (tertiary/aromatic N) is 2. The minimum Gasteiger partial charge on any atom is -0.462 e. The van der Waals surface area contributed by atoms with Gasteiger partial charge in [0, 0.05) is 10.0 Å². The summed E-state index contributed by atoms with van der Waals surface area (Å²) < 4.78 is 6.09. The maximum Gasteiger partial charge on any atom is 0.339 e. The first-order valence-electron chi connectivity index (χ1n) is 6.46. The van der Waals surface area contributed by atoms with Crippen LogP contribution in [0.25, 0.3) is 22.3 Å². The maximum atomic E-state index is 12.1. The molecule has 1 N–H and O–H groups in total. The van der Waals surface area contributed by atoms with Crippen LogP contribution >= 0.6 is 15.9 Å². The summed E-state index contributed by atoms with van der Waals surface area (Å²) in [7, 11) is 0. The van der Waals surface area contributed by atoms with Gasteiger partial charge in [-0.3, -0.25) is 5.10 Å². The second-order valence-electron chi connectivity index (χ2n) is 4.41. The van der Waals surface area contributed by atoms with Crippen molar-refractivity contribution in [1.82, 2.24) is 15.2 Å². The van der Waals surface area contributed by atoms with Crippen molar-refractivity contribution in [2.24, 2.45) is 0 Å². The number of aromatic nitrogens is 3. The van der Waals surface area contributed by atoms with Gasteiger partial charge in [0.2, 0.25) is 0 Å². The van der Waals surface area contributed by atoms with E-state index >= 15 is 0 Å². The van der Waals surface area contributed by atoms with Gasteiger partial charge >= 0.3 is 5.97 Å². The Labute approximate surface area is 129 Å². The molecule has 0 atom stereocenters. The lowest BCUT2D eigenvalue weighted by atomic mass is 10.1. The van der Waals surface area contributed by atoms with E-state index in [1.54, 1.807) is 19.2 Å². The highest BCUT2D eigenvalue weighted by Crippen LogP contribution is 2.25. The summed E-state index contributed by atoms with van der Waals surface area (Å²) in [5.74, 6) is -0.371. The third-order valence-corrected chi connectivity index (χ3v) is 3.59. The largest absolute Gasteiger partial charge is 0.462 e. The van der Waals surface area contributed by atoms with Gasteiger partial charge in [-0.1, -0.05) is 28.1 Å². The molecule has 0 amide bonds. The lowest BCUT2D eigenvalue weighted by Crippen LogP contribution is -2.06. The molecule has 0 fully saturated rings. The number of ether oxygens (including phenoxy) is 1. The molecule has 1 aromatic carbocycles.